The van der Waals surface area contributed by atoms with Gasteiger partial charge in [-0.15, -0.1) is 0 Å². The number of aryl methyl sites for hydroxylation is 1. The molecule has 2 aromatic heterocycles. The van der Waals surface area contributed by atoms with Gasteiger partial charge in [0.25, 0.3) is 0 Å². The number of carboxylic acids is 1. The van der Waals surface area contributed by atoms with Gasteiger partial charge in [-0.1, -0.05) is 29.9 Å². The van der Waals surface area contributed by atoms with Crippen LogP contribution in [0.3, 0.4) is 0 Å². The molecule has 0 saturated carbocycles. The lowest BCUT2D eigenvalue weighted by molar-refractivity contribution is 0.0702. The van der Waals surface area contributed by atoms with Crippen molar-refractivity contribution in [1.82, 2.24) is 14.5 Å². The highest BCUT2D eigenvalue weighted by atomic mass is 35.5. The molecule has 0 aliphatic carbocycles. The second kappa shape index (κ2) is 4.23. The zero-order valence-corrected chi connectivity index (χ0v) is 9.92. The van der Waals surface area contributed by atoms with E-state index < -0.39 is 5.97 Å². The molecule has 2 heterocycles. The average molecular weight is 258 g/mol. The van der Waals surface area contributed by atoms with Crippen molar-refractivity contribution in [2.75, 3.05) is 0 Å². The van der Waals surface area contributed by atoms with Crippen LogP contribution in [0.25, 0.3) is 5.13 Å². The number of carboxylic acid groups (broad SMARTS) is 1. The molecule has 7 heteroatoms. The number of rotatable bonds is 3. The Labute approximate surface area is 100 Å². The Bertz CT molecular complexity index is 535. The van der Waals surface area contributed by atoms with E-state index in [0.29, 0.717) is 5.13 Å². The van der Waals surface area contributed by atoms with Crippen LogP contribution in [0.5, 0.6) is 0 Å². The monoisotopic (exact) mass is 257 g/mol. The maximum Gasteiger partial charge on any atom is 0.349 e. The summed E-state index contributed by atoms with van der Waals surface area (Å²) in [5, 5.41) is 9.41. The van der Waals surface area contributed by atoms with Crippen LogP contribution in [0.15, 0.2) is 12.4 Å². The van der Waals surface area contributed by atoms with Crippen LogP contribution in [-0.4, -0.2) is 25.6 Å². The highest BCUT2D eigenvalue weighted by Gasteiger charge is 2.17. The third kappa shape index (κ3) is 1.81. The van der Waals surface area contributed by atoms with E-state index in [1.165, 1.54) is 0 Å². The van der Waals surface area contributed by atoms with E-state index in [0.717, 1.165) is 23.6 Å². The molecule has 0 bridgehead atoms. The molecule has 0 fully saturated rings. The van der Waals surface area contributed by atoms with E-state index in [1.807, 2.05) is 6.92 Å². The van der Waals surface area contributed by atoms with Gasteiger partial charge < -0.3 is 5.11 Å². The fourth-order valence-electron chi connectivity index (χ4n) is 1.30. The van der Waals surface area contributed by atoms with E-state index in [2.05, 4.69) is 9.97 Å². The molecule has 0 amide bonds. The summed E-state index contributed by atoms with van der Waals surface area (Å²) in [5.41, 5.74) is 0. The van der Waals surface area contributed by atoms with Crippen molar-refractivity contribution in [3.8, 4) is 5.13 Å². The molecule has 5 nitrogen and oxygen atoms in total. The predicted octanol–water partition coefficient (Wildman–Crippen LogP) is 2.24. The van der Waals surface area contributed by atoms with Gasteiger partial charge in [-0.25, -0.2) is 14.8 Å². The topological polar surface area (TPSA) is 68.0 Å². The lowest BCUT2D eigenvalue weighted by atomic mass is 10.5. The largest absolute Gasteiger partial charge is 0.477 e. The lowest BCUT2D eigenvalue weighted by Gasteiger charge is -1.99. The van der Waals surface area contributed by atoms with Crippen molar-refractivity contribution in [2.45, 2.75) is 13.3 Å². The molecular formula is C9H8ClN3O2S. The highest BCUT2D eigenvalue weighted by Crippen LogP contribution is 2.26. The van der Waals surface area contributed by atoms with Crippen LogP contribution in [0.4, 0.5) is 0 Å². The number of aromatic carboxylic acids is 1. The molecule has 0 atom stereocenters. The van der Waals surface area contributed by atoms with Gasteiger partial charge in [0.15, 0.2) is 15.2 Å². The number of hydrogen-bond donors (Lipinski definition) is 1. The summed E-state index contributed by atoms with van der Waals surface area (Å²) in [7, 11) is 0. The summed E-state index contributed by atoms with van der Waals surface area (Å²) in [6, 6.07) is 0. The predicted molar refractivity (Wildman–Crippen MR) is 60.6 cm³/mol. The van der Waals surface area contributed by atoms with Crippen molar-refractivity contribution < 1.29 is 9.90 Å². The number of carbonyl (C=O) groups is 1. The Morgan fingerprint density at radius 3 is 3.00 bits per heavy atom. The number of hydrogen-bond acceptors (Lipinski definition) is 4. The molecule has 2 aromatic rings. The van der Waals surface area contributed by atoms with Gasteiger partial charge in [0.2, 0.25) is 0 Å². The highest BCUT2D eigenvalue weighted by molar-refractivity contribution is 7.16. The maximum absolute atomic E-state index is 10.8. The summed E-state index contributed by atoms with van der Waals surface area (Å²) in [6.07, 6.45) is 4.13. The minimum absolute atomic E-state index is 0.0169. The molecule has 84 valence electrons. The molecule has 2 rings (SSSR count). The van der Waals surface area contributed by atoms with Crippen molar-refractivity contribution in [2.24, 2.45) is 0 Å². The Hall–Kier alpha value is -1.40. The molecule has 0 unspecified atom stereocenters. The van der Waals surface area contributed by atoms with Crippen LogP contribution >= 0.6 is 22.9 Å². The molecule has 1 N–H and O–H groups in total. The van der Waals surface area contributed by atoms with E-state index in [4.69, 9.17) is 16.7 Å². The van der Waals surface area contributed by atoms with Crippen LogP contribution in [-0.2, 0) is 6.42 Å². The van der Waals surface area contributed by atoms with Gasteiger partial charge in [-0.2, -0.15) is 0 Å². The smallest absolute Gasteiger partial charge is 0.349 e. The first-order chi connectivity index (χ1) is 7.63. The van der Waals surface area contributed by atoms with Crippen LogP contribution < -0.4 is 0 Å². The molecular weight excluding hydrogens is 250 g/mol. The molecule has 0 radical (unpaired) electrons. The summed E-state index contributed by atoms with van der Waals surface area (Å²) in [5.74, 6) is -0.241. The normalized spacial score (nSPS) is 10.6. The number of thiazole rings is 1. The number of nitrogens with zero attached hydrogens (tertiary/aromatic N) is 3. The van der Waals surface area contributed by atoms with Gasteiger partial charge in [0.05, 0.1) is 0 Å². The van der Waals surface area contributed by atoms with Gasteiger partial charge in [0.1, 0.15) is 5.82 Å². The fourth-order valence-corrected chi connectivity index (χ4v) is 2.42. The van der Waals surface area contributed by atoms with E-state index >= 15 is 0 Å². The number of imidazole rings is 1. The van der Waals surface area contributed by atoms with Crippen molar-refractivity contribution in [3.05, 3.63) is 28.2 Å². The molecule has 16 heavy (non-hydrogen) atoms. The zero-order valence-electron chi connectivity index (χ0n) is 8.35. The van der Waals surface area contributed by atoms with Crippen LogP contribution in [0.2, 0.25) is 5.15 Å². The van der Waals surface area contributed by atoms with Gasteiger partial charge in [0, 0.05) is 18.8 Å². The minimum atomic E-state index is -1.06. The van der Waals surface area contributed by atoms with Crippen LogP contribution in [0.1, 0.15) is 22.4 Å². The third-order valence-corrected chi connectivity index (χ3v) is 3.44. The molecule has 0 spiro atoms. The fraction of sp³-hybridized carbons (Fsp3) is 0.222. The number of aromatic nitrogens is 3. The SMILES string of the molecule is CCc1nccn1-c1nc(Cl)c(C(=O)O)s1. The Kier molecular flexibility index (Phi) is 2.93. The van der Waals surface area contributed by atoms with Crippen molar-refractivity contribution in [3.63, 3.8) is 0 Å². The summed E-state index contributed by atoms with van der Waals surface area (Å²) in [6.45, 7) is 1.96. The maximum atomic E-state index is 10.8. The second-order valence-corrected chi connectivity index (χ2v) is 4.32. The van der Waals surface area contributed by atoms with Crippen molar-refractivity contribution >= 4 is 28.9 Å². The summed E-state index contributed by atoms with van der Waals surface area (Å²) >= 11 is 6.77. The van der Waals surface area contributed by atoms with Gasteiger partial charge >= 0.3 is 5.97 Å². The Morgan fingerprint density at radius 2 is 2.44 bits per heavy atom. The molecule has 0 aromatic carbocycles. The molecule has 0 aliphatic heterocycles. The lowest BCUT2D eigenvalue weighted by Crippen LogP contribution is -1.97. The quantitative estimate of drug-likeness (QED) is 0.916. The van der Waals surface area contributed by atoms with E-state index in [1.54, 1.807) is 17.0 Å². The first-order valence-electron chi connectivity index (χ1n) is 4.55. The van der Waals surface area contributed by atoms with E-state index in [9.17, 15) is 4.79 Å². The third-order valence-electron chi connectivity index (χ3n) is 2.01. The second-order valence-electron chi connectivity index (χ2n) is 2.99. The summed E-state index contributed by atoms with van der Waals surface area (Å²) in [4.78, 5) is 19.0. The van der Waals surface area contributed by atoms with E-state index in [-0.39, 0.29) is 10.0 Å². The van der Waals surface area contributed by atoms with Gasteiger partial charge in [-0.05, 0) is 0 Å². The Morgan fingerprint density at radius 1 is 1.69 bits per heavy atom. The molecule has 0 aliphatic rings. The average Bonchev–Trinajstić information content (AvgIpc) is 2.82. The standard InChI is InChI=1S/C9H8ClN3O2S/c1-2-5-11-3-4-13(5)9-12-7(10)6(16-9)8(14)15/h3-4H,2H2,1H3,(H,14,15). The van der Waals surface area contributed by atoms with Crippen LogP contribution in [0, 0.1) is 0 Å². The summed E-state index contributed by atoms with van der Waals surface area (Å²) < 4.78 is 1.74. The number of halogens is 1. The Balaban J connectivity index is 2.49. The molecule has 0 saturated heterocycles. The van der Waals surface area contributed by atoms with Crippen molar-refractivity contribution in [1.29, 1.82) is 0 Å². The minimum Gasteiger partial charge on any atom is -0.477 e. The first kappa shape index (κ1) is 11.1. The first-order valence-corrected chi connectivity index (χ1v) is 5.75. The van der Waals surface area contributed by atoms with Gasteiger partial charge in [-0.3, -0.25) is 4.57 Å². The zero-order chi connectivity index (χ0) is 11.7.